The smallest absolute Gasteiger partial charge is 0.388 e. The van der Waals surface area contributed by atoms with Crippen LogP contribution in [-0.2, 0) is 0 Å². The van der Waals surface area contributed by atoms with Gasteiger partial charge in [-0.1, -0.05) is 0 Å². The Bertz CT molecular complexity index is 1110. The Hall–Kier alpha value is -3.70. The van der Waals surface area contributed by atoms with Gasteiger partial charge in [-0.15, -0.1) is 5.10 Å². The van der Waals surface area contributed by atoms with Gasteiger partial charge in [-0.05, 0) is 13.0 Å². The topological polar surface area (TPSA) is 106 Å². The molecule has 0 saturated carbocycles. The number of pyridine rings is 1. The minimum absolute atomic E-state index is 0.266. The van der Waals surface area contributed by atoms with Gasteiger partial charge in [0.1, 0.15) is 17.2 Å². The number of hydrogen-bond acceptors (Lipinski definition) is 7. The minimum Gasteiger partial charge on any atom is -0.415 e. The van der Waals surface area contributed by atoms with Gasteiger partial charge in [0.2, 0.25) is 5.88 Å². The summed E-state index contributed by atoms with van der Waals surface area (Å²) in [5.41, 5.74) is 1.27. The van der Waals surface area contributed by atoms with E-state index in [1.54, 1.807) is 6.92 Å². The summed E-state index contributed by atoms with van der Waals surface area (Å²) in [5, 5.41) is 13.2. The highest BCUT2D eigenvalue weighted by Gasteiger charge is 2.18. The first kappa shape index (κ1) is 17.7. The molecule has 0 aliphatic carbocycles. The summed E-state index contributed by atoms with van der Waals surface area (Å²) in [4.78, 5) is 12.6. The molecule has 0 saturated heterocycles. The summed E-state index contributed by atoms with van der Waals surface area (Å²) in [6, 6.07) is 2.05. The van der Waals surface area contributed by atoms with Crippen molar-refractivity contribution in [1.29, 1.82) is 0 Å². The Balaban J connectivity index is 1.63. The molecule has 4 rings (SSSR count). The minimum atomic E-state index is -2.98. The molecule has 0 aromatic carbocycles. The number of rotatable bonds is 6. The van der Waals surface area contributed by atoms with Gasteiger partial charge >= 0.3 is 6.61 Å². The van der Waals surface area contributed by atoms with Crippen molar-refractivity contribution in [2.24, 2.45) is 0 Å². The van der Waals surface area contributed by atoms with Crippen LogP contribution in [0.1, 0.15) is 18.5 Å². The zero-order chi connectivity index (χ0) is 19.7. The van der Waals surface area contributed by atoms with E-state index in [1.807, 2.05) is 0 Å². The molecule has 4 heterocycles. The SMILES string of the molecule is C[C@H](c1cnccc1F)n1ncc2ncc(Nc3cc(OC(F)F)n[nH]3)nc21. The number of hydrogen-bond donors (Lipinski definition) is 2. The van der Waals surface area contributed by atoms with E-state index in [0.29, 0.717) is 22.5 Å². The standard InChI is InChI=1S/C16H13F3N8O/c1-8(9-5-20-3-2-10(9)17)27-15-11(6-22-27)21-7-13(24-15)23-12-4-14(26-25-12)28-16(18)19/h2-8,16H,1H3,(H2,23,24,25,26)/t8-/m1/s1. The number of halogens is 3. The molecule has 0 amide bonds. The van der Waals surface area contributed by atoms with Gasteiger partial charge in [-0.3, -0.25) is 10.1 Å². The van der Waals surface area contributed by atoms with Gasteiger partial charge in [-0.2, -0.15) is 13.9 Å². The van der Waals surface area contributed by atoms with Crippen molar-refractivity contribution in [2.75, 3.05) is 5.32 Å². The molecule has 1 atom stereocenters. The second kappa shape index (κ2) is 7.13. The fraction of sp³-hybridized carbons (Fsp3) is 0.188. The van der Waals surface area contributed by atoms with E-state index in [-0.39, 0.29) is 11.7 Å². The lowest BCUT2D eigenvalue weighted by molar-refractivity contribution is -0.0528. The van der Waals surface area contributed by atoms with Crippen molar-refractivity contribution < 1.29 is 17.9 Å². The van der Waals surface area contributed by atoms with Gasteiger partial charge in [0, 0.05) is 24.0 Å². The number of ether oxygens (including phenoxy) is 1. The highest BCUT2D eigenvalue weighted by atomic mass is 19.3. The molecule has 12 heteroatoms. The van der Waals surface area contributed by atoms with Crippen molar-refractivity contribution in [3.05, 3.63) is 48.3 Å². The first-order valence-corrected chi connectivity index (χ1v) is 8.08. The Morgan fingerprint density at radius 3 is 2.89 bits per heavy atom. The van der Waals surface area contributed by atoms with Crippen molar-refractivity contribution in [2.45, 2.75) is 19.6 Å². The lowest BCUT2D eigenvalue weighted by Crippen LogP contribution is -2.11. The number of nitrogens with one attached hydrogen (secondary N) is 2. The molecule has 0 unspecified atom stereocenters. The summed E-state index contributed by atoms with van der Waals surface area (Å²) >= 11 is 0. The number of alkyl halides is 2. The largest absolute Gasteiger partial charge is 0.415 e. The second-order valence-corrected chi connectivity index (χ2v) is 5.75. The van der Waals surface area contributed by atoms with Crippen LogP contribution in [0.3, 0.4) is 0 Å². The maximum absolute atomic E-state index is 14.1. The normalized spacial score (nSPS) is 12.5. The first-order valence-electron chi connectivity index (χ1n) is 8.08. The number of anilines is 2. The van der Waals surface area contributed by atoms with E-state index in [2.05, 4.69) is 40.3 Å². The van der Waals surface area contributed by atoms with Crippen LogP contribution >= 0.6 is 0 Å². The molecule has 4 aromatic rings. The van der Waals surface area contributed by atoms with Crippen molar-refractivity contribution >= 4 is 22.8 Å². The van der Waals surface area contributed by atoms with E-state index in [0.717, 1.165) is 0 Å². The maximum Gasteiger partial charge on any atom is 0.388 e. The third kappa shape index (κ3) is 3.43. The lowest BCUT2D eigenvalue weighted by atomic mass is 10.1. The van der Waals surface area contributed by atoms with E-state index in [4.69, 9.17) is 0 Å². The summed E-state index contributed by atoms with van der Waals surface area (Å²) in [6.45, 7) is -1.21. The van der Waals surface area contributed by atoms with Crippen LogP contribution in [0.15, 0.2) is 36.9 Å². The predicted octanol–water partition coefficient (Wildman–Crippen LogP) is 3.04. The predicted molar refractivity (Wildman–Crippen MR) is 91.8 cm³/mol. The zero-order valence-corrected chi connectivity index (χ0v) is 14.3. The number of aromatic amines is 1. The monoisotopic (exact) mass is 390 g/mol. The number of aromatic nitrogens is 7. The molecule has 0 bridgehead atoms. The summed E-state index contributed by atoms with van der Waals surface area (Å²) in [7, 11) is 0. The molecule has 0 aliphatic heterocycles. The molecule has 2 N–H and O–H groups in total. The second-order valence-electron chi connectivity index (χ2n) is 5.75. The molecule has 28 heavy (non-hydrogen) atoms. The van der Waals surface area contributed by atoms with Crippen LogP contribution in [0, 0.1) is 5.82 Å². The van der Waals surface area contributed by atoms with Gasteiger partial charge in [0.05, 0.1) is 18.4 Å². The van der Waals surface area contributed by atoms with Crippen molar-refractivity contribution in [1.82, 2.24) is 34.9 Å². The Morgan fingerprint density at radius 1 is 1.25 bits per heavy atom. The number of fused-ring (bicyclic) bond motifs is 1. The zero-order valence-electron chi connectivity index (χ0n) is 14.3. The first-order chi connectivity index (χ1) is 13.5. The van der Waals surface area contributed by atoms with Gasteiger partial charge < -0.3 is 10.1 Å². The summed E-state index contributed by atoms with van der Waals surface area (Å²) in [6.07, 6.45) is 5.75. The molecule has 9 nitrogen and oxygen atoms in total. The van der Waals surface area contributed by atoms with Crippen molar-refractivity contribution in [3.63, 3.8) is 0 Å². The Kier molecular flexibility index (Phi) is 4.51. The fourth-order valence-electron chi connectivity index (χ4n) is 2.65. The van der Waals surface area contributed by atoms with Crippen LogP contribution in [0.25, 0.3) is 11.2 Å². The van der Waals surface area contributed by atoms with Crippen molar-refractivity contribution in [3.8, 4) is 5.88 Å². The number of H-pyrrole nitrogens is 1. The molecule has 4 aromatic heterocycles. The average molecular weight is 390 g/mol. The van der Waals surface area contributed by atoms with Crippen LogP contribution in [0.5, 0.6) is 5.88 Å². The van der Waals surface area contributed by atoms with E-state index >= 15 is 0 Å². The molecule has 0 spiro atoms. The van der Waals surface area contributed by atoms with E-state index in [1.165, 1.54) is 41.6 Å². The maximum atomic E-state index is 14.1. The van der Waals surface area contributed by atoms with Gasteiger partial charge in [0.15, 0.2) is 11.5 Å². The molecule has 0 aliphatic rings. The highest BCUT2D eigenvalue weighted by molar-refractivity contribution is 5.72. The Labute approximate surface area is 155 Å². The average Bonchev–Trinajstić information content (AvgIpc) is 3.27. The summed E-state index contributed by atoms with van der Waals surface area (Å²) in [5.74, 6) is -0.0864. The Morgan fingerprint density at radius 2 is 2.11 bits per heavy atom. The quantitative estimate of drug-likeness (QED) is 0.521. The molecule has 0 radical (unpaired) electrons. The fourth-order valence-corrected chi connectivity index (χ4v) is 2.65. The highest BCUT2D eigenvalue weighted by Crippen LogP contribution is 2.24. The van der Waals surface area contributed by atoms with Gasteiger partial charge in [-0.25, -0.2) is 19.0 Å². The third-order valence-corrected chi connectivity index (χ3v) is 3.94. The van der Waals surface area contributed by atoms with E-state index < -0.39 is 18.5 Å². The van der Waals surface area contributed by atoms with Gasteiger partial charge in [0.25, 0.3) is 0 Å². The molecular weight excluding hydrogens is 377 g/mol. The van der Waals surface area contributed by atoms with Crippen LogP contribution in [0.2, 0.25) is 0 Å². The third-order valence-electron chi connectivity index (χ3n) is 3.94. The van der Waals surface area contributed by atoms with E-state index in [9.17, 15) is 13.2 Å². The number of nitrogens with zero attached hydrogens (tertiary/aromatic N) is 6. The molecule has 0 fully saturated rings. The van der Waals surface area contributed by atoms with Crippen LogP contribution < -0.4 is 10.1 Å². The molecular formula is C16H13F3N8O. The lowest BCUT2D eigenvalue weighted by Gasteiger charge is -2.14. The van der Waals surface area contributed by atoms with Crippen LogP contribution in [0.4, 0.5) is 24.8 Å². The molecule has 144 valence electrons. The van der Waals surface area contributed by atoms with Crippen LogP contribution in [-0.4, -0.2) is 41.5 Å². The summed E-state index contributed by atoms with van der Waals surface area (Å²) < 4.78 is 44.2.